The maximum Gasteiger partial charge on any atom is 0.115 e. The minimum atomic E-state index is -0.769. The van der Waals surface area contributed by atoms with Gasteiger partial charge in [0, 0.05) is 0 Å². The fraction of sp³-hybridized carbons (Fsp3) is 0.538. The van der Waals surface area contributed by atoms with E-state index in [1.54, 1.807) is 24.3 Å². The van der Waals surface area contributed by atoms with Gasteiger partial charge in [-0.1, -0.05) is 31.4 Å². The molecule has 0 amide bonds. The van der Waals surface area contributed by atoms with Crippen LogP contribution in [0.1, 0.15) is 43.7 Å². The van der Waals surface area contributed by atoms with E-state index in [0.29, 0.717) is 0 Å². The third-order valence-corrected chi connectivity index (χ3v) is 3.55. The minimum absolute atomic E-state index is 0.228. The molecule has 4 N–H and O–H groups in total. The average Bonchev–Trinajstić information content (AvgIpc) is 2.30. The van der Waals surface area contributed by atoms with E-state index < -0.39 is 5.60 Å². The quantitative estimate of drug-likeness (QED) is 0.716. The third kappa shape index (κ3) is 2.20. The van der Waals surface area contributed by atoms with E-state index in [1.807, 2.05) is 0 Å². The molecule has 1 aromatic rings. The van der Waals surface area contributed by atoms with Crippen molar-refractivity contribution in [2.24, 2.45) is 5.73 Å². The van der Waals surface area contributed by atoms with E-state index in [1.165, 1.54) is 6.42 Å². The second kappa shape index (κ2) is 4.44. The Morgan fingerprint density at radius 3 is 2.19 bits per heavy atom. The number of phenols is 1. The summed E-state index contributed by atoms with van der Waals surface area (Å²) in [7, 11) is 0. The topological polar surface area (TPSA) is 66.5 Å². The van der Waals surface area contributed by atoms with Crippen molar-refractivity contribution in [2.45, 2.75) is 43.7 Å². The molecule has 0 heterocycles. The number of phenolic OH excluding ortho intramolecular Hbond substituents is 1. The van der Waals surface area contributed by atoms with E-state index in [4.69, 9.17) is 5.73 Å². The molecule has 2 rings (SSSR count). The van der Waals surface area contributed by atoms with Gasteiger partial charge in [0.25, 0.3) is 0 Å². The largest absolute Gasteiger partial charge is 0.508 e. The molecule has 3 heteroatoms. The van der Waals surface area contributed by atoms with Crippen LogP contribution < -0.4 is 5.73 Å². The summed E-state index contributed by atoms with van der Waals surface area (Å²) in [6.07, 6.45) is 4.82. The fourth-order valence-corrected chi connectivity index (χ4v) is 2.47. The first kappa shape index (κ1) is 11.4. The van der Waals surface area contributed by atoms with Gasteiger partial charge in [-0.25, -0.2) is 0 Å². The molecule has 0 spiro atoms. The highest BCUT2D eigenvalue weighted by molar-refractivity contribution is 5.29. The maximum absolute atomic E-state index is 10.5. The summed E-state index contributed by atoms with van der Waals surface area (Å²) in [5.74, 6) is 0.228. The Morgan fingerprint density at radius 2 is 1.62 bits per heavy atom. The molecule has 1 atom stereocenters. The molecule has 1 unspecified atom stereocenters. The van der Waals surface area contributed by atoms with Gasteiger partial charge in [0.15, 0.2) is 0 Å². The molecule has 88 valence electrons. The fourth-order valence-electron chi connectivity index (χ4n) is 2.47. The van der Waals surface area contributed by atoms with Crippen LogP contribution in [-0.4, -0.2) is 15.8 Å². The molecule has 0 radical (unpaired) electrons. The molecule has 0 saturated heterocycles. The molecule has 3 nitrogen and oxygen atoms in total. The summed E-state index contributed by atoms with van der Waals surface area (Å²) < 4.78 is 0. The van der Waals surface area contributed by atoms with E-state index in [-0.39, 0.29) is 11.8 Å². The zero-order valence-corrected chi connectivity index (χ0v) is 9.39. The maximum atomic E-state index is 10.5. The average molecular weight is 221 g/mol. The van der Waals surface area contributed by atoms with E-state index >= 15 is 0 Å². The summed E-state index contributed by atoms with van der Waals surface area (Å²) in [6.45, 7) is 0. The van der Waals surface area contributed by atoms with Gasteiger partial charge in [-0.05, 0) is 30.5 Å². The monoisotopic (exact) mass is 221 g/mol. The zero-order valence-electron chi connectivity index (χ0n) is 9.39. The summed E-state index contributed by atoms with van der Waals surface area (Å²) >= 11 is 0. The highest BCUT2D eigenvalue weighted by Gasteiger charge is 2.36. The van der Waals surface area contributed by atoms with Crippen molar-refractivity contribution in [3.8, 4) is 5.75 Å². The van der Waals surface area contributed by atoms with Crippen LogP contribution in [0.25, 0.3) is 0 Å². The number of hydrogen-bond acceptors (Lipinski definition) is 3. The lowest BCUT2D eigenvalue weighted by molar-refractivity contribution is -0.0203. The van der Waals surface area contributed by atoms with Crippen molar-refractivity contribution in [2.75, 3.05) is 0 Å². The first-order chi connectivity index (χ1) is 7.62. The lowest BCUT2D eigenvalue weighted by Crippen LogP contribution is -2.42. The summed E-state index contributed by atoms with van der Waals surface area (Å²) in [6, 6.07) is 6.44. The van der Waals surface area contributed by atoms with Crippen LogP contribution in [0.3, 0.4) is 0 Å². The van der Waals surface area contributed by atoms with Gasteiger partial charge in [0.2, 0.25) is 0 Å². The predicted molar refractivity (Wildman–Crippen MR) is 63.1 cm³/mol. The number of aromatic hydroxyl groups is 1. The smallest absolute Gasteiger partial charge is 0.115 e. The number of hydrogen-bond donors (Lipinski definition) is 3. The number of rotatable bonds is 2. The Kier molecular flexibility index (Phi) is 3.17. The second-order valence-corrected chi connectivity index (χ2v) is 4.73. The van der Waals surface area contributed by atoms with E-state index in [2.05, 4.69) is 0 Å². The van der Waals surface area contributed by atoms with Gasteiger partial charge in [-0.15, -0.1) is 0 Å². The number of nitrogens with two attached hydrogens (primary N) is 1. The van der Waals surface area contributed by atoms with Gasteiger partial charge in [0.1, 0.15) is 5.75 Å². The van der Waals surface area contributed by atoms with Crippen molar-refractivity contribution in [1.82, 2.24) is 0 Å². The summed E-state index contributed by atoms with van der Waals surface area (Å²) in [5.41, 5.74) is 6.24. The highest BCUT2D eigenvalue weighted by atomic mass is 16.3. The van der Waals surface area contributed by atoms with Gasteiger partial charge >= 0.3 is 0 Å². The van der Waals surface area contributed by atoms with Gasteiger partial charge in [-0.3, -0.25) is 0 Å². The van der Waals surface area contributed by atoms with E-state index in [9.17, 15) is 10.2 Å². The van der Waals surface area contributed by atoms with Crippen LogP contribution in [0.2, 0.25) is 0 Å². The number of aliphatic hydroxyl groups is 1. The molecule has 0 aliphatic heterocycles. The molecule has 1 aromatic carbocycles. The molecular formula is C13H19NO2. The van der Waals surface area contributed by atoms with Crippen LogP contribution in [0, 0.1) is 0 Å². The molecule has 1 fully saturated rings. The predicted octanol–water partition coefficient (Wildman–Crippen LogP) is 2.09. The molecule has 0 aromatic heterocycles. The Hall–Kier alpha value is -1.06. The van der Waals surface area contributed by atoms with Gasteiger partial charge in [0.05, 0.1) is 11.6 Å². The summed E-state index contributed by atoms with van der Waals surface area (Å²) in [4.78, 5) is 0. The third-order valence-electron chi connectivity index (χ3n) is 3.55. The van der Waals surface area contributed by atoms with Crippen LogP contribution in [0.4, 0.5) is 0 Å². The van der Waals surface area contributed by atoms with Crippen LogP contribution in [0.15, 0.2) is 24.3 Å². The molecular weight excluding hydrogens is 202 g/mol. The van der Waals surface area contributed by atoms with Crippen LogP contribution in [0.5, 0.6) is 5.75 Å². The van der Waals surface area contributed by atoms with Crippen molar-refractivity contribution in [3.05, 3.63) is 29.8 Å². The minimum Gasteiger partial charge on any atom is -0.508 e. The number of benzene rings is 1. The standard InChI is InChI=1S/C13H19NO2/c14-12(10-4-6-11(15)7-5-10)13(16)8-2-1-3-9-13/h4-7,12,15-16H,1-3,8-9,14H2. The lowest BCUT2D eigenvalue weighted by Gasteiger charge is -2.37. The molecule has 1 aliphatic rings. The normalized spacial score (nSPS) is 21.6. The highest BCUT2D eigenvalue weighted by Crippen LogP contribution is 2.37. The Morgan fingerprint density at radius 1 is 1.06 bits per heavy atom. The molecule has 0 bridgehead atoms. The summed E-state index contributed by atoms with van der Waals surface area (Å²) in [5, 5.41) is 19.7. The first-order valence-corrected chi connectivity index (χ1v) is 5.89. The zero-order chi connectivity index (χ0) is 11.6. The molecule has 16 heavy (non-hydrogen) atoms. The van der Waals surface area contributed by atoms with Crippen LogP contribution in [-0.2, 0) is 0 Å². The van der Waals surface area contributed by atoms with Crippen molar-refractivity contribution in [1.29, 1.82) is 0 Å². The molecule has 1 saturated carbocycles. The lowest BCUT2D eigenvalue weighted by atomic mass is 9.77. The van der Waals surface area contributed by atoms with Crippen molar-refractivity contribution in [3.63, 3.8) is 0 Å². The van der Waals surface area contributed by atoms with Crippen molar-refractivity contribution < 1.29 is 10.2 Å². The van der Waals surface area contributed by atoms with Gasteiger partial charge < -0.3 is 15.9 Å². The molecule has 1 aliphatic carbocycles. The second-order valence-electron chi connectivity index (χ2n) is 4.73. The van der Waals surface area contributed by atoms with Crippen molar-refractivity contribution >= 4 is 0 Å². The van der Waals surface area contributed by atoms with Gasteiger partial charge in [-0.2, -0.15) is 0 Å². The SMILES string of the molecule is NC(c1ccc(O)cc1)C1(O)CCCCC1. The first-order valence-electron chi connectivity index (χ1n) is 5.89. The Balaban J connectivity index is 2.16. The van der Waals surface area contributed by atoms with Crippen LogP contribution >= 0.6 is 0 Å². The Bertz CT molecular complexity index is 341. The van der Waals surface area contributed by atoms with E-state index in [0.717, 1.165) is 31.2 Å². The Labute approximate surface area is 95.9 Å².